The van der Waals surface area contributed by atoms with Gasteiger partial charge < -0.3 is 34.1 Å². The Hall–Kier alpha value is -7.29. The lowest BCUT2D eigenvalue weighted by atomic mass is 10.0. The van der Waals surface area contributed by atoms with Crippen LogP contribution < -0.4 is 34.1 Å². The Morgan fingerprint density at radius 2 is 0.567 bits per heavy atom. The van der Waals surface area contributed by atoms with E-state index in [1.807, 2.05) is 48.5 Å². The van der Waals surface area contributed by atoms with Crippen LogP contribution in [0.5, 0.6) is 23.0 Å². The summed E-state index contributed by atoms with van der Waals surface area (Å²) in [6.45, 7) is 0. The van der Waals surface area contributed by atoms with Gasteiger partial charge >= 0.3 is 0 Å². The third kappa shape index (κ3) is 7.80. The van der Waals surface area contributed by atoms with Gasteiger partial charge in [-0.05, 0) is 168 Å². The smallest absolute Gasteiger partial charge is 0.119 e. The molecule has 0 atom stereocenters. The van der Waals surface area contributed by atoms with Crippen molar-refractivity contribution in [1.82, 2.24) is 0 Å². The van der Waals surface area contributed by atoms with Crippen LogP contribution in [0.4, 0.5) is 45.5 Å². The molecule has 8 heteroatoms. The van der Waals surface area contributed by atoms with Crippen LogP contribution in [0.15, 0.2) is 192 Å². The molecule has 1 aliphatic rings. The normalized spacial score (nSPS) is 11.4. The summed E-state index contributed by atoms with van der Waals surface area (Å²) in [5.41, 5.74) is 13.0. The van der Waals surface area contributed by atoms with E-state index in [1.54, 1.807) is 40.2 Å². The zero-order valence-electron chi connectivity index (χ0n) is 33.8. The lowest BCUT2D eigenvalue weighted by Crippen LogP contribution is -2.09. The molecule has 0 fully saturated rings. The maximum atomic E-state index is 5.44. The number of ether oxygens (including phenoxy) is 4. The topological polar surface area (TPSA) is 55.4 Å². The molecule has 0 radical (unpaired) electrons. The highest BCUT2D eigenvalue weighted by Crippen LogP contribution is 2.47. The molecule has 296 valence electrons. The van der Waals surface area contributed by atoms with Crippen molar-refractivity contribution in [3.8, 4) is 45.3 Å². The van der Waals surface area contributed by atoms with Crippen LogP contribution in [0.25, 0.3) is 22.3 Å². The molecule has 8 aromatic carbocycles. The first-order valence-corrected chi connectivity index (χ1v) is 20.4. The minimum atomic E-state index is 0.815. The number of nitrogens with zero attached hydrogens (tertiary/aromatic N) is 2. The van der Waals surface area contributed by atoms with E-state index in [4.69, 9.17) is 18.9 Å². The number of anilines is 8. The van der Waals surface area contributed by atoms with E-state index < -0.39 is 0 Å². The van der Waals surface area contributed by atoms with Gasteiger partial charge in [-0.15, -0.1) is 0 Å². The molecule has 60 heavy (non-hydrogen) atoms. The summed E-state index contributed by atoms with van der Waals surface area (Å²) in [5.74, 6) is 3.26. The predicted octanol–water partition coefficient (Wildman–Crippen LogP) is 14.2. The summed E-state index contributed by atoms with van der Waals surface area (Å²) in [4.78, 5) is 6.83. The summed E-state index contributed by atoms with van der Waals surface area (Å²) in [6, 6.07) is 63.2. The minimum Gasteiger partial charge on any atom is -0.497 e. The van der Waals surface area contributed by atoms with Crippen LogP contribution in [0.1, 0.15) is 0 Å². The van der Waals surface area contributed by atoms with E-state index in [2.05, 4.69) is 149 Å². The van der Waals surface area contributed by atoms with Gasteiger partial charge in [-0.3, -0.25) is 0 Å². The predicted molar refractivity (Wildman–Crippen MR) is 247 cm³/mol. The van der Waals surface area contributed by atoms with Crippen molar-refractivity contribution < 1.29 is 18.9 Å². The Bertz CT molecular complexity index is 2440. The molecule has 1 aliphatic heterocycles. The molecular weight excluding hydrogens is 763 g/mol. The van der Waals surface area contributed by atoms with Crippen LogP contribution in [0.3, 0.4) is 0 Å². The Balaban J connectivity index is 0.960. The fourth-order valence-corrected chi connectivity index (χ4v) is 8.54. The van der Waals surface area contributed by atoms with Gasteiger partial charge in [0.15, 0.2) is 0 Å². The van der Waals surface area contributed by atoms with Crippen LogP contribution in [-0.4, -0.2) is 28.4 Å². The van der Waals surface area contributed by atoms with Gasteiger partial charge in [0.1, 0.15) is 23.0 Å². The molecule has 0 saturated carbocycles. The monoisotopic (exact) mass is 805 g/mol. The van der Waals surface area contributed by atoms with Crippen molar-refractivity contribution in [2.45, 2.75) is 9.79 Å². The first-order chi connectivity index (χ1) is 29.5. The van der Waals surface area contributed by atoms with Gasteiger partial charge in [0.05, 0.1) is 39.8 Å². The highest BCUT2D eigenvalue weighted by molar-refractivity contribution is 7.99. The molecule has 0 amide bonds. The van der Waals surface area contributed by atoms with Gasteiger partial charge in [0.2, 0.25) is 0 Å². The average molecular weight is 806 g/mol. The second kappa shape index (κ2) is 16.9. The molecule has 0 aromatic heterocycles. The van der Waals surface area contributed by atoms with Crippen LogP contribution in [0.2, 0.25) is 0 Å². The molecule has 7 nitrogen and oxygen atoms in total. The summed E-state index contributed by atoms with van der Waals surface area (Å²) in [6.07, 6.45) is 0. The lowest BCUT2D eigenvalue weighted by Gasteiger charge is -2.26. The van der Waals surface area contributed by atoms with Crippen LogP contribution in [-0.2, 0) is 0 Å². The average Bonchev–Trinajstić information content (AvgIpc) is 3.32. The number of hydrogen-bond acceptors (Lipinski definition) is 8. The maximum absolute atomic E-state index is 5.44. The number of hydrogen-bond donors (Lipinski definition) is 1. The zero-order valence-corrected chi connectivity index (χ0v) is 34.6. The van der Waals surface area contributed by atoms with E-state index in [0.29, 0.717) is 0 Å². The lowest BCUT2D eigenvalue weighted by molar-refractivity contribution is 0.414. The Morgan fingerprint density at radius 1 is 0.317 bits per heavy atom. The molecule has 0 spiro atoms. The molecular formula is C52H43N3O4S. The molecule has 8 aromatic rings. The number of benzene rings is 8. The standard InChI is InChI=1S/C52H43N3O4S/c1-56-45-23-15-41(16-24-45)54(42-17-25-46(57-2)26-18-42)39-11-5-35(6-12-39)37-9-31-49-51(33-37)60-52-34-38(10-32-50(52)53-49)36-7-13-40(14-8-36)55(43-19-27-47(58-3)28-20-43)44-21-29-48(59-4)30-22-44/h5-34,53H,1-4H3. The SMILES string of the molecule is COc1ccc(N(c2ccc(OC)cc2)c2ccc(-c3ccc4c(c3)Sc3cc(-c5ccc(N(c6ccc(OC)cc6)c6ccc(OC)cc6)cc5)ccc3N4)cc2)cc1. The van der Waals surface area contributed by atoms with Gasteiger partial charge in [0, 0.05) is 43.9 Å². The van der Waals surface area contributed by atoms with Crippen LogP contribution >= 0.6 is 11.8 Å². The highest BCUT2D eigenvalue weighted by atomic mass is 32.2. The minimum absolute atomic E-state index is 0.815. The van der Waals surface area contributed by atoms with E-state index in [1.165, 1.54) is 9.79 Å². The molecule has 9 rings (SSSR count). The Morgan fingerprint density at radius 3 is 0.833 bits per heavy atom. The van der Waals surface area contributed by atoms with E-state index in [0.717, 1.165) is 90.8 Å². The van der Waals surface area contributed by atoms with E-state index in [9.17, 15) is 0 Å². The fraction of sp³-hybridized carbons (Fsp3) is 0.0769. The number of methoxy groups -OCH3 is 4. The molecule has 0 unspecified atom stereocenters. The van der Waals surface area contributed by atoms with Crippen LogP contribution in [0, 0.1) is 0 Å². The quantitative estimate of drug-likeness (QED) is 0.131. The number of nitrogens with one attached hydrogen (secondary N) is 1. The summed E-state index contributed by atoms with van der Waals surface area (Å²) >= 11 is 1.80. The van der Waals surface area contributed by atoms with Crippen molar-refractivity contribution in [1.29, 1.82) is 0 Å². The third-order valence-electron chi connectivity index (χ3n) is 10.7. The molecule has 0 aliphatic carbocycles. The number of fused-ring (bicyclic) bond motifs is 2. The Labute approximate surface area is 355 Å². The third-order valence-corrected chi connectivity index (χ3v) is 11.8. The van der Waals surface area contributed by atoms with Gasteiger partial charge in [-0.2, -0.15) is 0 Å². The number of rotatable bonds is 12. The second-order valence-electron chi connectivity index (χ2n) is 14.2. The first kappa shape index (κ1) is 38.2. The summed E-state index contributed by atoms with van der Waals surface area (Å²) < 4.78 is 21.8. The van der Waals surface area contributed by atoms with E-state index >= 15 is 0 Å². The van der Waals surface area contributed by atoms with Crippen molar-refractivity contribution in [2.75, 3.05) is 43.6 Å². The molecule has 0 bridgehead atoms. The highest BCUT2D eigenvalue weighted by Gasteiger charge is 2.19. The van der Waals surface area contributed by atoms with Crippen molar-refractivity contribution in [3.63, 3.8) is 0 Å². The second-order valence-corrected chi connectivity index (χ2v) is 15.3. The maximum Gasteiger partial charge on any atom is 0.119 e. The van der Waals surface area contributed by atoms with Crippen molar-refractivity contribution in [3.05, 3.63) is 182 Å². The zero-order chi connectivity index (χ0) is 41.0. The van der Waals surface area contributed by atoms with E-state index in [-0.39, 0.29) is 0 Å². The van der Waals surface area contributed by atoms with Crippen molar-refractivity contribution >= 4 is 57.3 Å². The summed E-state index contributed by atoms with van der Waals surface area (Å²) in [7, 11) is 6.74. The molecule has 1 heterocycles. The van der Waals surface area contributed by atoms with Crippen molar-refractivity contribution in [2.24, 2.45) is 0 Å². The molecule has 1 N–H and O–H groups in total. The van der Waals surface area contributed by atoms with Gasteiger partial charge in [0.25, 0.3) is 0 Å². The Kier molecular flexibility index (Phi) is 10.8. The first-order valence-electron chi connectivity index (χ1n) is 19.6. The largest absolute Gasteiger partial charge is 0.497 e. The van der Waals surface area contributed by atoms with Gasteiger partial charge in [-0.1, -0.05) is 48.2 Å². The molecule has 0 saturated heterocycles. The fourth-order valence-electron chi connectivity index (χ4n) is 7.47. The van der Waals surface area contributed by atoms with Gasteiger partial charge in [-0.25, -0.2) is 0 Å². The summed E-state index contributed by atoms with van der Waals surface area (Å²) in [5, 5.41) is 3.68.